The van der Waals surface area contributed by atoms with Gasteiger partial charge in [0.1, 0.15) is 5.82 Å². The van der Waals surface area contributed by atoms with Crippen LogP contribution in [0.2, 0.25) is 0 Å². The van der Waals surface area contributed by atoms with Crippen molar-refractivity contribution in [2.24, 2.45) is 0 Å². The van der Waals surface area contributed by atoms with Gasteiger partial charge < -0.3 is 16.0 Å². The summed E-state index contributed by atoms with van der Waals surface area (Å²) in [6.45, 7) is 3.73. The number of amides is 1. The Morgan fingerprint density at radius 1 is 1.40 bits per heavy atom. The predicted molar refractivity (Wildman–Crippen MR) is 76.4 cm³/mol. The topological polar surface area (TPSA) is 101 Å². The number of hydrogen-bond donors (Lipinski definition) is 3. The average Bonchev–Trinajstić information content (AvgIpc) is 2.44. The number of nitrogen functional groups attached to an aromatic ring is 1. The minimum atomic E-state index is -0.265. The van der Waals surface area contributed by atoms with Crippen LogP contribution in [-0.2, 0) is 6.54 Å². The van der Waals surface area contributed by atoms with Crippen molar-refractivity contribution in [1.82, 2.24) is 15.3 Å². The number of carbonyl (C=O) groups excluding carboxylic acids is 1. The van der Waals surface area contributed by atoms with Gasteiger partial charge in [-0.1, -0.05) is 0 Å². The van der Waals surface area contributed by atoms with Gasteiger partial charge in [-0.2, -0.15) is 0 Å². The largest absolute Gasteiger partial charge is 0.384 e. The normalized spacial score (nSPS) is 10.3. The van der Waals surface area contributed by atoms with Gasteiger partial charge in [0, 0.05) is 29.2 Å². The van der Waals surface area contributed by atoms with Crippen LogP contribution in [0.25, 0.3) is 0 Å². The highest BCUT2D eigenvalue weighted by molar-refractivity contribution is 5.93. The lowest BCUT2D eigenvalue weighted by Gasteiger charge is -2.08. The molecule has 0 aromatic carbocycles. The number of rotatable bonds is 3. The molecule has 104 valence electrons. The number of nitrogens with zero attached hydrogens (tertiary/aromatic N) is 1. The molecule has 2 aromatic rings. The number of hydrogen-bond acceptors (Lipinski definition) is 4. The van der Waals surface area contributed by atoms with E-state index in [1.54, 1.807) is 32.2 Å². The standard InChI is InChI=1S/C14H16N4O2/c1-8-5-16-11(9(2)13(8)19)7-18-14(20)10-3-4-12(15)17-6-10/h3-6H,7H2,1-2H3,(H2,15,17)(H,16,19)(H,18,20). The van der Waals surface area contributed by atoms with E-state index in [0.717, 1.165) is 0 Å². The van der Waals surface area contributed by atoms with Crippen molar-refractivity contribution >= 4 is 11.7 Å². The summed E-state index contributed by atoms with van der Waals surface area (Å²) in [5, 5.41) is 2.73. The van der Waals surface area contributed by atoms with E-state index in [1.165, 1.54) is 6.20 Å². The zero-order chi connectivity index (χ0) is 14.7. The van der Waals surface area contributed by atoms with Crippen molar-refractivity contribution < 1.29 is 4.79 Å². The first-order valence-electron chi connectivity index (χ1n) is 6.16. The van der Waals surface area contributed by atoms with Crippen molar-refractivity contribution in [3.8, 4) is 0 Å². The number of aromatic nitrogens is 2. The van der Waals surface area contributed by atoms with Crippen molar-refractivity contribution in [1.29, 1.82) is 0 Å². The summed E-state index contributed by atoms with van der Waals surface area (Å²) in [4.78, 5) is 30.6. The average molecular weight is 272 g/mol. The van der Waals surface area contributed by atoms with Crippen molar-refractivity contribution in [3.05, 3.63) is 57.1 Å². The van der Waals surface area contributed by atoms with Crippen LogP contribution in [0, 0.1) is 13.8 Å². The Kier molecular flexibility index (Phi) is 3.84. The van der Waals surface area contributed by atoms with Gasteiger partial charge in [-0.05, 0) is 26.0 Å². The highest BCUT2D eigenvalue weighted by atomic mass is 16.1. The van der Waals surface area contributed by atoms with E-state index in [-0.39, 0.29) is 17.9 Å². The van der Waals surface area contributed by atoms with Gasteiger partial charge in [0.2, 0.25) is 0 Å². The molecule has 20 heavy (non-hydrogen) atoms. The van der Waals surface area contributed by atoms with Crippen LogP contribution in [0.3, 0.4) is 0 Å². The van der Waals surface area contributed by atoms with Gasteiger partial charge in [0.05, 0.1) is 12.1 Å². The molecule has 6 heteroatoms. The Hall–Kier alpha value is -2.63. The highest BCUT2D eigenvalue weighted by Gasteiger charge is 2.09. The Morgan fingerprint density at radius 2 is 2.15 bits per heavy atom. The Labute approximate surface area is 116 Å². The number of nitrogens with one attached hydrogen (secondary N) is 2. The third-order valence-electron chi connectivity index (χ3n) is 3.09. The van der Waals surface area contributed by atoms with Gasteiger partial charge in [-0.3, -0.25) is 9.59 Å². The molecule has 0 spiro atoms. The lowest BCUT2D eigenvalue weighted by atomic mass is 10.1. The van der Waals surface area contributed by atoms with E-state index in [1.807, 2.05) is 0 Å². The lowest BCUT2D eigenvalue weighted by Crippen LogP contribution is -2.25. The van der Waals surface area contributed by atoms with Gasteiger partial charge >= 0.3 is 0 Å². The molecule has 0 fully saturated rings. The van der Waals surface area contributed by atoms with Crippen molar-refractivity contribution in [2.75, 3.05) is 5.73 Å². The smallest absolute Gasteiger partial charge is 0.253 e. The summed E-state index contributed by atoms with van der Waals surface area (Å²) in [5.74, 6) is 0.0959. The minimum absolute atomic E-state index is 0.0119. The maximum atomic E-state index is 11.9. The van der Waals surface area contributed by atoms with Crippen LogP contribution in [0.1, 0.15) is 27.2 Å². The molecule has 2 heterocycles. The Balaban J connectivity index is 2.09. The summed E-state index contributed by atoms with van der Waals surface area (Å²) < 4.78 is 0. The number of carbonyl (C=O) groups is 1. The summed E-state index contributed by atoms with van der Waals surface area (Å²) in [7, 11) is 0. The second-order valence-electron chi connectivity index (χ2n) is 4.56. The molecular formula is C14H16N4O2. The number of aryl methyl sites for hydroxylation is 1. The van der Waals surface area contributed by atoms with Crippen LogP contribution in [0.4, 0.5) is 5.82 Å². The first-order valence-corrected chi connectivity index (χ1v) is 6.16. The van der Waals surface area contributed by atoms with Crippen LogP contribution in [0.5, 0.6) is 0 Å². The molecule has 0 aliphatic heterocycles. The number of anilines is 1. The van der Waals surface area contributed by atoms with Crippen LogP contribution < -0.4 is 16.5 Å². The molecule has 2 rings (SSSR count). The van der Waals surface area contributed by atoms with Crippen molar-refractivity contribution in [2.45, 2.75) is 20.4 Å². The second kappa shape index (κ2) is 5.56. The molecule has 0 aliphatic rings. The SMILES string of the molecule is Cc1c[nH]c(CNC(=O)c2ccc(N)nc2)c(C)c1=O. The Morgan fingerprint density at radius 3 is 2.80 bits per heavy atom. The lowest BCUT2D eigenvalue weighted by molar-refractivity contribution is 0.0950. The monoisotopic (exact) mass is 272 g/mol. The third kappa shape index (κ3) is 2.85. The first kappa shape index (κ1) is 13.8. The highest BCUT2D eigenvalue weighted by Crippen LogP contribution is 2.03. The summed E-state index contributed by atoms with van der Waals surface area (Å²) in [6, 6.07) is 3.16. The molecule has 0 aliphatic carbocycles. The molecule has 0 radical (unpaired) electrons. The van der Waals surface area contributed by atoms with E-state index in [4.69, 9.17) is 5.73 Å². The second-order valence-corrected chi connectivity index (χ2v) is 4.56. The van der Waals surface area contributed by atoms with Crippen LogP contribution in [-0.4, -0.2) is 15.9 Å². The Bertz CT molecular complexity index is 689. The summed E-state index contributed by atoms with van der Waals surface area (Å²) in [6.07, 6.45) is 3.05. The number of H-pyrrole nitrogens is 1. The zero-order valence-electron chi connectivity index (χ0n) is 11.4. The van der Waals surface area contributed by atoms with Gasteiger partial charge in [0.15, 0.2) is 5.43 Å². The van der Waals surface area contributed by atoms with Gasteiger partial charge in [0.25, 0.3) is 5.91 Å². The van der Waals surface area contributed by atoms with Crippen molar-refractivity contribution in [3.63, 3.8) is 0 Å². The molecule has 0 unspecified atom stereocenters. The fraction of sp³-hybridized carbons (Fsp3) is 0.214. The first-order chi connectivity index (χ1) is 9.49. The summed E-state index contributed by atoms with van der Waals surface area (Å²) >= 11 is 0. The van der Waals surface area contributed by atoms with E-state index < -0.39 is 0 Å². The quantitative estimate of drug-likeness (QED) is 0.772. The van der Waals surface area contributed by atoms with Crippen LogP contribution >= 0.6 is 0 Å². The minimum Gasteiger partial charge on any atom is -0.384 e. The molecule has 1 amide bonds. The molecule has 6 nitrogen and oxygen atoms in total. The summed E-state index contributed by atoms with van der Waals surface area (Å²) in [5.41, 5.74) is 7.83. The fourth-order valence-electron chi connectivity index (χ4n) is 1.80. The van der Waals surface area contributed by atoms with E-state index in [2.05, 4.69) is 15.3 Å². The van der Waals surface area contributed by atoms with E-state index in [9.17, 15) is 9.59 Å². The maximum absolute atomic E-state index is 11.9. The van der Waals surface area contributed by atoms with Gasteiger partial charge in [-0.15, -0.1) is 0 Å². The van der Waals surface area contributed by atoms with Gasteiger partial charge in [-0.25, -0.2) is 4.98 Å². The zero-order valence-corrected chi connectivity index (χ0v) is 11.4. The van der Waals surface area contributed by atoms with E-state index >= 15 is 0 Å². The predicted octanol–water partition coefficient (Wildman–Crippen LogP) is 0.899. The van der Waals surface area contributed by atoms with Crippen LogP contribution in [0.15, 0.2) is 29.3 Å². The number of aromatic amines is 1. The molecule has 0 saturated heterocycles. The number of nitrogens with two attached hydrogens (primary N) is 1. The molecule has 2 aromatic heterocycles. The number of pyridine rings is 2. The maximum Gasteiger partial charge on any atom is 0.253 e. The van der Waals surface area contributed by atoms with E-state index in [0.29, 0.717) is 28.2 Å². The fourth-order valence-corrected chi connectivity index (χ4v) is 1.80. The molecule has 0 atom stereocenters. The third-order valence-corrected chi connectivity index (χ3v) is 3.09. The molecular weight excluding hydrogens is 256 g/mol. The molecule has 0 saturated carbocycles. The molecule has 4 N–H and O–H groups in total. The molecule has 0 bridgehead atoms.